The fourth-order valence-electron chi connectivity index (χ4n) is 3.33. The van der Waals surface area contributed by atoms with Crippen molar-refractivity contribution in [3.05, 3.63) is 0 Å². The summed E-state index contributed by atoms with van der Waals surface area (Å²) in [6.07, 6.45) is 7.89. The van der Waals surface area contributed by atoms with Gasteiger partial charge in [-0.3, -0.25) is 4.79 Å². The van der Waals surface area contributed by atoms with Crippen LogP contribution in [0.5, 0.6) is 0 Å². The summed E-state index contributed by atoms with van der Waals surface area (Å²) in [5, 5.41) is 0. The zero-order chi connectivity index (χ0) is 12.5. The van der Waals surface area contributed by atoms with Gasteiger partial charge in [0.2, 0.25) is 5.91 Å². The lowest BCUT2D eigenvalue weighted by Crippen LogP contribution is -2.46. The molecule has 1 saturated heterocycles. The molecule has 2 aliphatic rings. The number of hydrogen-bond donors (Lipinski definition) is 1. The number of carbonyl (C=O) groups excluding carboxylic acids is 1. The molecule has 1 aliphatic carbocycles. The number of nitrogens with two attached hydrogens (primary N) is 1. The molecule has 0 radical (unpaired) electrons. The zero-order valence-electron chi connectivity index (χ0n) is 11.2. The smallest absolute Gasteiger partial charge is 0.239 e. The van der Waals surface area contributed by atoms with Gasteiger partial charge in [0.05, 0.1) is 6.04 Å². The van der Waals surface area contributed by atoms with Crippen molar-refractivity contribution in [2.75, 3.05) is 13.1 Å². The van der Waals surface area contributed by atoms with Crippen LogP contribution >= 0.6 is 0 Å². The average Bonchev–Trinajstić information content (AvgIpc) is 2.72. The van der Waals surface area contributed by atoms with Crippen molar-refractivity contribution >= 4 is 5.91 Å². The SMILES string of the molecule is CC(C)C(N)C(=O)N1CCC2(CCCCC2)C1. The van der Waals surface area contributed by atoms with E-state index in [9.17, 15) is 4.79 Å². The van der Waals surface area contributed by atoms with Crippen molar-refractivity contribution in [1.29, 1.82) is 0 Å². The van der Waals surface area contributed by atoms with E-state index in [4.69, 9.17) is 5.73 Å². The second-order valence-electron chi connectivity index (χ2n) is 6.34. The van der Waals surface area contributed by atoms with Crippen LogP contribution in [0, 0.1) is 11.3 Å². The Balaban J connectivity index is 1.95. The first-order chi connectivity index (χ1) is 8.04. The molecule has 2 rings (SSSR count). The largest absolute Gasteiger partial charge is 0.341 e. The molecule has 1 heterocycles. The number of amides is 1. The number of nitrogens with zero attached hydrogens (tertiary/aromatic N) is 1. The molecule has 2 fully saturated rings. The third-order valence-electron chi connectivity index (χ3n) is 4.67. The third-order valence-corrected chi connectivity index (χ3v) is 4.67. The van der Waals surface area contributed by atoms with Crippen LogP contribution in [-0.4, -0.2) is 29.9 Å². The van der Waals surface area contributed by atoms with Crippen LogP contribution in [0.2, 0.25) is 0 Å². The van der Waals surface area contributed by atoms with E-state index in [-0.39, 0.29) is 17.9 Å². The molecule has 3 heteroatoms. The molecule has 17 heavy (non-hydrogen) atoms. The minimum absolute atomic E-state index is 0.169. The molecule has 1 saturated carbocycles. The van der Waals surface area contributed by atoms with Crippen LogP contribution in [0.1, 0.15) is 52.4 Å². The summed E-state index contributed by atoms with van der Waals surface area (Å²) in [4.78, 5) is 14.2. The molecule has 98 valence electrons. The van der Waals surface area contributed by atoms with Gasteiger partial charge in [0.25, 0.3) is 0 Å². The number of likely N-dealkylation sites (tertiary alicyclic amines) is 1. The van der Waals surface area contributed by atoms with Crippen molar-refractivity contribution in [2.24, 2.45) is 17.1 Å². The van der Waals surface area contributed by atoms with Crippen molar-refractivity contribution in [1.82, 2.24) is 4.90 Å². The van der Waals surface area contributed by atoms with E-state index < -0.39 is 0 Å². The van der Waals surface area contributed by atoms with Gasteiger partial charge in [-0.15, -0.1) is 0 Å². The highest BCUT2D eigenvalue weighted by molar-refractivity contribution is 5.82. The molecule has 0 aromatic heterocycles. The molecular formula is C14H26N2O. The van der Waals surface area contributed by atoms with Gasteiger partial charge in [-0.25, -0.2) is 0 Å². The van der Waals surface area contributed by atoms with Crippen molar-refractivity contribution in [2.45, 2.75) is 58.4 Å². The van der Waals surface area contributed by atoms with E-state index in [2.05, 4.69) is 0 Å². The lowest BCUT2D eigenvalue weighted by Gasteiger charge is -2.33. The molecule has 0 aromatic rings. The molecule has 1 spiro atoms. The predicted molar refractivity (Wildman–Crippen MR) is 69.5 cm³/mol. The number of carbonyl (C=O) groups is 1. The molecule has 0 aromatic carbocycles. The first kappa shape index (κ1) is 12.9. The van der Waals surface area contributed by atoms with E-state index >= 15 is 0 Å². The van der Waals surface area contributed by atoms with Crippen LogP contribution in [0.4, 0.5) is 0 Å². The van der Waals surface area contributed by atoms with Crippen LogP contribution in [0.15, 0.2) is 0 Å². The minimum atomic E-state index is -0.311. The standard InChI is InChI=1S/C14H26N2O/c1-11(2)12(15)13(17)16-9-8-14(10-16)6-4-3-5-7-14/h11-12H,3-10,15H2,1-2H3. The molecule has 2 N–H and O–H groups in total. The summed E-state index contributed by atoms with van der Waals surface area (Å²) in [6, 6.07) is -0.311. The molecular weight excluding hydrogens is 212 g/mol. The highest BCUT2D eigenvalue weighted by Gasteiger charge is 2.41. The Morgan fingerprint density at radius 1 is 1.18 bits per heavy atom. The Bertz CT molecular complexity index is 282. The van der Waals surface area contributed by atoms with Crippen molar-refractivity contribution in [3.63, 3.8) is 0 Å². The van der Waals surface area contributed by atoms with Gasteiger partial charge in [0.15, 0.2) is 0 Å². The highest BCUT2D eigenvalue weighted by atomic mass is 16.2. The fraction of sp³-hybridized carbons (Fsp3) is 0.929. The van der Waals surface area contributed by atoms with Gasteiger partial charge in [-0.05, 0) is 30.6 Å². The molecule has 1 amide bonds. The second kappa shape index (κ2) is 4.97. The Morgan fingerprint density at radius 2 is 1.82 bits per heavy atom. The lowest BCUT2D eigenvalue weighted by atomic mass is 9.73. The van der Waals surface area contributed by atoms with E-state index in [0.717, 1.165) is 13.1 Å². The molecule has 3 nitrogen and oxygen atoms in total. The highest BCUT2D eigenvalue weighted by Crippen LogP contribution is 2.43. The van der Waals surface area contributed by atoms with Crippen LogP contribution < -0.4 is 5.73 Å². The van der Waals surface area contributed by atoms with Crippen LogP contribution in [0.3, 0.4) is 0 Å². The Labute approximate surface area is 105 Å². The first-order valence-electron chi connectivity index (χ1n) is 7.08. The van der Waals surface area contributed by atoms with E-state index in [1.165, 1.54) is 38.5 Å². The van der Waals surface area contributed by atoms with Crippen LogP contribution in [0.25, 0.3) is 0 Å². The topological polar surface area (TPSA) is 46.3 Å². The fourth-order valence-corrected chi connectivity index (χ4v) is 3.33. The Morgan fingerprint density at radius 3 is 2.41 bits per heavy atom. The third kappa shape index (κ3) is 2.65. The quantitative estimate of drug-likeness (QED) is 0.801. The van der Waals surface area contributed by atoms with E-state index in [1.807, 2.05) is 18.7 Å². The predicted octanol–water partition coefficient (Wildman–Crippen LogP) is 2.15. The van der Waals surface area contributed by atoms with Gasteiger partial charge < -0.3 is 10.6 Å². The monoisotopic (exact) mass is 238 g/mol. The normalized spacial score (nSPS) is 25.5. The molecule has 0 bridgehead atoms. The Hall–Kier alpha value is -0.570. The van der Waals surface area contributed by atoms with Gasteiger partial charge in [-0.1, -0.05) is 33.1 Å². The summed E-state index contributed by atoms with van der Waals surface area (Å²) < 4.78 is 0. The second-order valence-corrected chi connectivity index (χ2v) is 6.34. The summed E-state index contributed by atoms with van der Waals surface area (Å²) in [5.41, 5.74) is 6.42. The number of hydrogen-bond acceptors (Lipinski definition) is 2. The summed E-state index contributed by atoms with van der Waals surface area (Å²) in [7, 11) is 0. The zero-order valence-corrected chi connectivity index (χ0v) is 11.2. The minimum Gasteiger partial charge on any atom is -0.341 e. The Kier molecular flexibility index (Phi) is 3.76. The van der Waals surface area contributed by atoms with Crippen molar-refractivity contribution < 1.29 is 4.79 Å². The van der Waals surface area contributed by atoms with Gasteiger partial charge in [0, 0.05) is 13.1 Å². The summed E-state index contributed by atoms with van der Waals surface area (Å²) >= 11 is 0. The molecule has 1 unspecified atom stereocenters. The molecule has 1 aliphatic heterocycles. The van der Waals surface area contributed by atoms with E-state index in [1.54, 1.807) is 0 Å². The maximum Gasteiger partial charge on any atom is 0.239 e. The van der Waals surface area contributed by atoms with Gasteiger partial charge >= 0.3 is 0 Å². The maximum absolute atomic E-state index is 12.2. The van der Waals surface area contributed by atoms with Gasteiger partial charge in [0.1, 0.15) is 0 Å². The first-order valence-corrected chi connectivity index (χ1v) is 7.08. The summed E-state index contributed by atoms with van der Waals surface area (Å²) in [5.74, 6) is 0.410. The average molecular weight is 238 g/mol. The lowest BCUT2D eigenvalue weighted by molar-refractivity contribution is -0.133. The van der Waals surface area contributed by atoms with Crippen molar-refractivity contribution in [3.8, 4) is 0 Å². The van der Waals surface area contributed by atoms with Crippen LogP contribution in [-0.2, 0) is 4.79 Å². The molecule has 1 atom stereocenters. The number of rotatable bonds is 2. The summed E-state index contributed by atoms with van der Waals surface area (Å²) in [6.45, 7) is 5.94. The van der Waals surface area contributed by atoms with E-state index in [0.29, 0.717) is 5.41 Å². The van der Waals surface area contributed by atoms with Gasteiger partial charge in [-0.2, -0.15) is 0 Å². The maximum atomic E-state index is 12.2.